The molecule has 1 saturated carbocycles. The molecule has 0 spiro atoms. The zero-order valence-corrected chi connectivity index (χ0v) is 18.9. The van der Waals surface area contributed by atoms with Crippen LogP contribution in [0.15, 0.2) is 48.5 Å². The minimum Gasteiger partial charge on any atom is -0.508 e. The van der Waals surface area contributed by atoms with Gasteiger partial charge in [-0.15, -0.1) is 0 Å². The Morgan fingerprint density at radius 3 is 2.53 bits per heavy atom. The number of nitrogens with zero attached hydrogens (tertiary/aromatic N) is 2. The van der Waals surface area contributed by atoms with Gasteiger partial charge in [-0.05, 0) is 61.1 Å². The van der Waals surface area contributed by atoms with E-state index in [1.165, 1.54) is 25.7 Å². The maximum absolute atomic E-state index is 12.8. The van der Waals surface area contributed by atoms with Crippen LogP contribution >= 0.6 is 0 Å². The zero-order chi connectivity index (χ0) is 22.5. The van der Waals surface area contributed by atoms with Gasteiger partial charge in [-0.3, -0.25) is 4.79 Å². The van der Waals surface area contributed by atoms with Crippen molar-refractivity contribution in [1.29, 1.82) is 0 Å². The van der Waals surface area contributed by atoms with Crippen LogP contribution in [0.4, 0.5) is 5.82 Å². The highest BCUT2D eigenvalue weighted by Gasteiger charge is 2.25. The predicted octanol–water partition coefficient (Wildman–Crippen LogP) is 5.96. The van der Waals surface area contributed by atoms with Gasteiger partial charge in [-0.1, -0.05) is 57.7 Å². The summed E-state index contributed by atoms with van der Waals surface area (Å²) in [4.78, 5) is 22.7. The molecule has 2 aliphatic rings. The van der Waals surface area contributed by atoms with Crippen LogP contribution < -0.4 is 5.32 Å². The van der Waals surface area contributed by atoms with Gasteiger partial charge in [0.25, 0.3) is 5.91 Å². The van der Waals surface area contributed by atoms with Crippen molar-refractivity contribution in [3.63, 3.8) is 0 Å². The molecule has 2 N–H and O–H groups in total. The average Bonchev–Trinajstić information content (AvgIpc) is 3.34. The third-order valence-electron chi connectivity index (χ3n) is 6.24. The SMILES string of the molecule is CC.O=C(Nc1nc2c(nc1CC1CCCC1)-c1ccc(O)cc1CC2)c1ccccc1. The lowest BCUT2D eigenvalue weighted by molar-refractivity contribution is 0.102. The highest BCUT2D eigenvalue weighted by molar-refractivity contribution is 6.04. The van der Waals surface area contributed by atoms with E-state index in [0.29, 0.717) is 17.3 Å². The third kappa shape index (κ3) is 4.67. The first-order valence-corrected chi connectivity index (χ1v) is 11.8. The molecular formula is C27H31N3O2. The summed E-state index contributed by atoms with van der Waals surface area (Å²) in [5.74, 6) is 1.31. The van der Waals surface area contributed by atoms with E-state index in [2.05, 4.69) is 5.32 Å². The molecule has 0 saturated heterocycles. The zero-order valence-electron chi connectivity index (χ0n) is 18.9. The second-order valence-corrected chi connectivity index (χ2v) is 8.33. The number of aryl methyl sites for hydroxylation is 2. The van der Waals surface area contributed by atoms with Crippen molar-refractivity contribution in [3.8, 4) is 17.0 Å². The molecule has 2 aliphatic carbocycles. The molecule has 3 aromatic rings. The number of aromatic nitrogens is 2. The fraction of sp³-hybridized carbons (Fsp3) is 0.370. The van der Waals surface area contributed by atoms with E-state index in [4.69, 9.17) is 9.97 Å². The Morgan fingerprint density at radius 1 is 1.03 bits per heavy atom. The molecule has 1 amide bonds. The lowest BCUT2D eigenvalue weighted by Crippen LogP contribution is -2.19. The number of carbonyl (C=O) groups excluding carboxylic acids is 1. The van der Waals surface area contributed by atoms with Crippen molar-refractivity contribution in [2.75, 3.05) is 5.32 Å². The van der Waals surface area contributed by atoms with Gasteiger partial charge in [0.1, 0.15) is 5.75 Å². The number of rotatable bonds is 4. The first kappa shape index (κ1) is 22.0. The van der Waals surface area contributed by atoms with Gasteiger partial charge in [0.2, 0.25) is 0 Å². The van der Waals surface area contributed by atoms with E-state index in [9.17, 15) is 9.90 Å². The fourth-order valence-corrected chi connectivity index (χ4v) is 4.67. The van der Waals surface area contributed by atoms with Crippen molar-refractivity contribution in [1.82, 2.24) is 9.97 Å². The number of fused-ring (bicyclic) bond motifs is 3. The van der Waals surface area contributed by atoms with E-state index in [0.717, 1.165) is 47.5 Å². The van der Waals surface area contributed by atoms with E-state index in [-0.39, 0.29) is 11.7 Å². The average molecular weight is 430 g/mol. The van der Waals surface area contributed by atoms with Crippen LogP contribution in [0, 0.1) is 5.92 Å². The molecule has 0 bridgehead atoms. The number of phenolic OH excluding ortho intramolecular Hbond substituents is 1. The van der Waals surface area contributed by atoms with Gasteiger partial charge >= 0.3 is 0 Å². The molecule has 5 rings (SSSR count). The molecule has 5 nitrogen and oxygen atoms in total. The normalized spacial score (nSPS) is 14.7. The summed E-state index contributed by atoms with van der Waals surface area (Å²) in [6.45, 7) is 4.00. The van der Waals surface area contributed by atoms with Gasteiger partial charge in [0.15, 0.2) is 5.82 Å². The van der Waals surface area contributed by atoms with Crippen LogP contribution in [0.5, 0.6) is 5.75 Å². The number of phenols is 1. The molecule has 166 valence electrons. The van der Waals surface area contributed by atoms with Crippen LogP contribution in [0.25, 0.3) is 11.3 Å². The lowest BCUT2D eigenvalue weighted by atomic mass is 9.91. The second kappa shape index (κ2) is 9.94. The molecule has 1 aromatic heterocycles. The summed E-state index contributed by atoms with van der Waals surface area (Å²) in [5.41, 5.74) is 5.42. The number of nitrogens with one attached hydrogen (secondary N) is 1. The van der Waals surface area contributed by atoms with Crippen molar-refractivity contribution >= 4 is 11.7 Å². The Balaban J connectivity index is 0.00000119. The molecule has 0 unspecified atom stereocenters. The van der Waals surface area contributed by atoms with Crippen LogP contribution in [0.2, 0.25) is 0 Å². The van der Waals surface area contributed by atoms with Crippen molar-refractivity contribution in [3.05, 3.63) is 71.0 Å². The maximum Gasteiger partial charge on any atom is 0.256 e. The highest BCUT2D eigenvalue weighted by atomic mass is 16.3. The number of anilines is 1. The summed E-state index contributed by atoms with van der Waals surface area (Å²) in [5, 5.41) is 12.9. The first-order chi connectivity index (χ1) is 15.7. The Bertz CT molecular complexity index is 1090. The van der Waals surface area contributed by atoms with E-state index >= 15 is 0 Å². The molecule has 1 fully saturated rings. The minimum atomic E-state index is -0.154. The largest absolute Gasteiger partial charge is 0.508 e. The predicted molar refractivity (Wildman–Crippen MR) is 128 cm³/mol. The Hall–Kier alpha value is -3.21. The van der Waals surface area contributed by atoms with Gasteiger partial charge < -0.3 is 10.4 Å². The number of carbonyl (C=O) groups is 1. The molecule has 0 atom stereocenters. The van der Waals surface area contributed by atoms with Crippen molar-refractivity contribution < 1.29 is 9.90 Å². The molecule has 0 aliphatic heterocycles. The molecule has 0 radical (unpaired) electrons. The maximum atomic E-state index is 12.8. The smallest absolute Gasteiger partial charge is 0.256 e. The van der Waals surface area contributed by atoms with Crippen molar-refractivity contribution in [2.45, 2.75) is 58.8 Å². The van der Waals surface area contributed by atoms with Gasteiger partial charge in [0, 0.05) is 11.1 Å². The Morgan fingerprint density at radius 2 is 1.78 bits per heavy atom. The molecule has 5 heteroatoms. The first-order valence-electron chi connectivity index (χ1n) is 11.8. The number of hydrogen-bond acceptors (Lipinski definition) is 4. The van der Waals surface area contributed by atoms with E-state index in [1.807, 2.05) is 44.2 Å². The molecular weight excluding hydrogens is 398 g/mol. The van der Waals surface area contributed by atoms with Gasteiger partial charge in [-0.2, -0.15) is 0 Å². The number of benzene rings is 2. The number of amides is 1. The quantitative estimate of drug-likeness (QED) is 0.537. The Kier molecular flexibility index (Phi) is 6.84. The summed E-state index contributed by atoms with van der Waals surface area (Å²) in [7, 11) is 0. The van der Waals surface area contributed by atoms with Gasteiger partial charge in [-0.25, -0.2) is 9.97 Å². The summed E-state index contributed by atoms with van der Waals surface area (Å²) < 4.78 is 0. The van der Waals surface area contributed by atoms with Crippen LogP contribution in [-0.2, 0) is 19.3 Å². The van der Waals surface area contributed by atoms with Crippen molar-refractivity contribution in [2.24, 2.45) is 5.92 Å². The topological polar surface area (TPSA) is 75.1 Å². The number of hydrogen-bond donors (Lipinski definition) is 2. The standard InChI is InChI=1S/C25H25N3O2.C2H6/c29-19-11-12-20-18(15-19)10-13-21-23(20)26-22(14-16-6-4-5-7-16)24(27-21)28-25(30)17-8-2-1-3-9-17;1-2/h1-3,8-9,11-12,15-16,29H,4-7,10,13-14H2,(H,27,28,30);1-2H3. The Labute approximate surface area is 189 Å². The van der Waals surface area contributed by atoms with Gasteiger partial charge in [0.05, 0.1) is 17.1 Å². The van der Waals surface area contributed by atoms with Crippen LogP contribution in [-0.4, -0.2) is 21.0 Å². The van der Waals surface area contributed by atoms with E-state index in [1.54, 1.807) is 18.2 Å². The fourth-order valence-electron chi connectivity index (χ4n) is 4.67. The summed E-state index contributed by atoms with van der Waals surface area (Å²) in [6, 6.07) is 14.7. The monoisotopic (exact) mass is 429 g/mol. The second-order valence-electron chi connectivity index (χ2n) is 8.33. The molecule has 1 heterocycles. The lowest BCUT2D eigenvalue weighted by Gasteiger charge is -2.22. The van der Waals surface area contributed by atoms with Crippen LogP contribution in [0.1, 0.15) is 66.8 Å². The van der Waals surface area contributed by atoms with Crippen LogP contribution in [0.3, 0.4) is 0 Å². The minimum absolute atomic E-state index is 0.154. The summed E-state index contributed by atoms with van der Waals surface area (Å²) in [6.07, 6.45) is 7.31. The van der Waals surface area contributed by atoms with E-state index < -0.39 is 0 Å². The highest BCUT2D eigenvalue weighted by Crippen LogP contribution is 2.36. The molecule has 2 aromatic carbocycles. The number of aromatic hydroxyl groups is 1. The summed E-state index contributed by atoms with van der Waals surface area (Å²) >= 11 is 0. The molecule has 32 heavy (non-hydrogen) atoms. The third-order valence-corrected chi connectivity index (χ3v) is 6.24.